The summed E-state index contributed by atoms with van der Waals surface area (Å²) < 4.78 is 23.1. The molecule has 1 aliphatic carbocycles. The number of carbonyl (C=O) groups is 2. The van der Waals surface area contributed by atoms with Crippen LogP contribution in [0.25, 0.3) is 0 Å². The number of carbonyl (C=O) groups excluding carboxylic acids is 2. The highest BCUT2D eigenvalue weighted by atomic mass is 35.5. The Bertz CT molecular complexity index is 1980. The molecule has 1 N–H and O–H groups in total. The van der Waals surface area contributed by atoms with Gasteiger partial charge in [-0.15, -0.1) is 0 Å². The van der Waals surface area contributed by atoms with E-state index in [0.29, 0.717) is 29.7 Å². The molecule has 4 aromatic rings. The number of esters is 1. The van der Waals surface area contributed by atoms with Crippen LogP contribution in [0.3, 0.4) is 0 Å². The van der Waals surface area contributed by atoms with Crippen LogP contribution in [0.2, 0.25) is 5.02 Å². The third kappa shape index (κ3) is 4.18. The molecule has 48 heavy (non-hydrogen) atoms. The van der Waals surface area contributed by atoms with Crippen molar-refractivity contribution in [1.29, 1.82) is 5.26 Å². The van der Waals surface area contributed by atoms with E-state index in [9.17, 15) is 10.1 Å². The minimum Gasteiger partial charge on any atom is -0.454 e. The number of ether oxygens (including phenoxy) is 1. The summed E-state index contributed by atoms with van der Waals surface area (Å²) in [6, 6.07) is 30.4. The van der Waals surface area contributed by atoms with Gasteiger partial charge in [-0.2, -0.15) is 5.26 Å². The monoisotopic (exact) mass is 659 g/mol. The maximum atomic E-state index is 16.6. The van der Waals surface area contributed by atoms with Gasteiger partial charge in [-0.1, -0.05) is 104 Å². The van der Waals surface area contributed by atoms with Crippen LogP contribution >= 0.6 is 11.6 Å². The van der Waals surface area contributed by atoms with Gasteiger partial charge in [-0.3, -0.25) is 14.5 Å². The van der Waals surface area contributed by atoms with Crippen LogP contribution in [0.1, 0.15) is 85.4 Å². The number of hydrogen-bond donors (Lipinski definition) is 1. The topological polar surface area (TPSA) is 82.4 Å². The average molecular weight is 660 g/mol. The van der Waals surface area contributed by atoms with Gasteiger partial charge in [0.15, 0.2) is 0 Å². The number of fused-ring (bicyclic) bond motifs is 5. The fourth-order valence-corrected chi connectivity index (χ4v) is 9.64. The molecule has 6 nitrogen and oxygen atoms in total. The normalized spacial score (nSPS) is 28.4. The molecule has 3 heterocycles. The van der Waals surface area contributed by atoms with Crippen molar-refractivity contribution in [2.24, 2.45) is 5.41 Å². The van der Waals surface area contributed by atoms with Gasteiger partial charge in [0.05, 0.1) is 22.7 Å². The van der Waals surface area contributed by atoms with Gasteiger partial charge in [-0.05, 0) is 71.6 Å². The van der Waals surface area contributed by atoms with Gasteiger partial charge in [0.1, 0.15) is 23.4 Å². The maximum Gasteiger partial charge on any atom is 0.324 e. The lowest BCUT2D eigenvalue weighted by atomic mass is 9.53. The molecule has 242 valence electrons. The van der Waals surface area contributed by atoms with Crippen LogP contribution in [0, 0.1) is 22.6 Å². The molecule has 0 unspecified atom stereocenters. The lowest BCUT2D eigenvalue weighted by molar-refractivity contribution is -0.184. The fourth-order valence-electron chi connectivity index (χ4n) is 9.46. The van der Waals surface area contributed by atoms with Crippen LogP contribution in [-0.2, 0) is 19.7 Å². The summed E-state index contributed by atoms with van der Waals surface area (Å²) in [4.78, 5) is 32.3. The van der Waals surface area contributed by atoms with Gasteiger partial charge in [0.25, 0.3) is 0 Å². The van der Waals surface area contributed by atoms with E-state index < -0.39 is 46.8 Å². The summed E-state index contributed by atoms with van der Waals surface area (Å²) in [5.41, 5.74) is 1.19. The molecule has 1 saturated carbocycles. The van der Waals surface area contributed by atoms with Crippen LogP contribution in [-0.4, -0.2) is 28.4 Å². The summed E-state index contributed by atoms with van der Waals surface area (Å²) in [5, 5.41) is 12.8. The molecule has 3 aliphatic heterocycles. The van der Waals surface area contributed by atoms with Crippen LogP contribution in [0.15, 0.2) is 97.1 Å². The fraction of sp³-hybridized carbons (Fsp3) is 0.325. The number of hydrogen-bond acceptors (Lipinski definition) is 5. The highest BCUT2D eigenvalue weighted by Crippen LogP contribution is 2.71. The summed E-state index contributed by atoms with van der Waals surface area (Å²) in [6.07, 6.45) is 2.05. The number of nitrogens with one attached hydrogen (secondary N) is 1. The van der Waals surface area contributed by atoms with Gasteiger partial charge in [0, 0.05) is 17.1 Å². The van der Waals surface area contributed by atoms with Crippen molar-refractivity contribution in [2.75, 3.05) is 5.32 Å². The minimum absolute atomic E-state index is 0.0126. The molecule has 2 spiro atoms. The van der Waals surface area contributed by atoms with E-state index in [2.05, 4.69) is 30.1 Å². The van der Waals surface area contributed by atoms with E-state index in [-0.39, 0.29) is 21.9 Å². The van der Waals surface area contributed by atoms with Crippen molar-refractivity contribution in [2.45, 2.75) is 74.6 Å². The Morgan fingerprint density at radius 2 is 1.54 bits per heavy atom. The zero-order chi connectivity index (χ0) is 33.4. The quantitative estimate of drug-likeness (QED) is 0.224. The second-order valence-corrected chi connectivity index (χ2v) is 14.8. The molecule has 0 bridgehead atoms. The molecule has 8 heteroatoms. The SMILES string of the molecule is CC1(C)CCC2(CC1)N1[C@H](c3ccccc3)[C@H](c3ccccc3)OC(=O)[C@H]1[C@H](c1cccc(Cl)c1F)[C@@]21C(=O)Nc2cc(C#N)ccc21. The molecule has 8 rings (SSSR count). The predicted octanol–water partition coefficient (Wildman–Crippen LogP) is 8.39. The van der Waals surface area contributed by atoms with E-state index in [4.69, 9.17) is 16.3 Å². The van der Waals surface area contributed by atoms with Crippen molar-refractivity contribution in [3.63, 3.8) is 0 Å². The molecule has 1 amide bonds. The molecule has 4 aliphatic rings. The van der Waals surface area contributed by atoms with Gasteiger partial charge in [0.2, 0.25) is 5.91 Å². The number of halogens is 2. The standard InChI is InChI=1S/C40H35ClFN3O3/c1-38(2)18-20-39(21-19-38)40(28-17-16-24(23-43)22-30(28)44-37(40)47)31(27-14-9-15-29(41)32(27)42)34-36(46)48-35(26-12-7-4-8-13-26)33(45(34)39)25-10-5-3-6-11-25/h3-17,22,31,33-35H,18-21H2,1-2H3,(H,44,47)/t31-,33+,34+,35-,40-/m0/s1. The van der Waals surface area contributed by atoms with E-state index in [1.54, 1.807) is 24.3 Å². The Labute approximate surface area is 284 Å². The predicted molar refractivity (Wildman–Crippen MR) is 181 cm³/mol. The first-order chi connectivity index (χ1) is 23.1. The van der Waals surface area contributed by atoms with Crippen molar-refractivity contribution in [1.82, 2.24) is 4.90 Å². The van der Waals surface area contributed by atoms with Crippen LogP contribution in [0.4, 0.5) is 10.1 Å². The molecular weight excluding hydrogens is 625 g/mol. The number of nitrogens with zero attached hydrogens (tertiary/aromatic N) is 2. The first kappa shape index (κ1) is 30.8. The molecule has 4 aromatic carbocycles. The molecule has 5 atom stereocenters. The van der Waals surface area contributed by atoms with E-state index >= 15 is 9.18 Å². The average Bonchev–Trinajstić information content (AvgIpc) is 3.53. The highest BCUT2D eigenvalue weighted by Gasteiger charge is 2.78. The molecule has 3 fully saturated rings. The van der Waals surface area contributed by atoms with E-state index in [1.807, 2.05) is 66.7 Å². The summed E-state index contributed by atoms with van der Waals surface area (Å²) in [6.45, 7) is 4.47. The second-order valence-electron chi connectivity index (χ2n) is 14.4. The van der Waals surface area contributed by atoms with Crippen LogP contribution in [0.5, 0.6) is 0 Å². The lowest BCUT2D eigenvalue weighted by Gasteiger charge is -2.57. The third-order valence-electron chi connectivity index (χ3n) is 11.6. The largest absolute Gasteiger partial charge is 0.454 e. The molecule has 2 saturated heterocycles. The summed E-state index contributed by atoms with van der Waals surface area (Å²) in [7, 11) is 0. The Balaban J connectivity index is 1.49. The first-order valence-corrected chi connectivity index (χ1v) is 16.9. The smallest absolute Gasteiger partial charge is 0.324 e. The van der Waals surface area contributed by atoms with Crippen molar-refractivity contribution in [3.8, 4) is 6.07 Å². The van der Waals surface area contributed by atoms with Crippen LogP contribution < -0.4 is 5.32 Å². The Hall–Kier alpha value is -4.51. The number of benzene rings is 4. The van der Waals surface area contributed by atoms with Crippen molar-refractivity contribution >= 4 is 29.2 Å². The number of anilines is 1. The summed E-state index contributed by atoms with van der Waals surface area (Å²) in [5.74, 6) is -2.44. The molecule has 0 radical (unpaired) electrons. The highest BCUT2D eigenvalue weighted by molar-refractivity contribution is 6.30. The maximum absolute atomic E-state index is 16.6. The molecule has 0 aromatic heterocycles. The number of nitriles is 1. The number of rotatable bonds is 3. The zero-order valence-electron chi connectivity index (χ0n) is 26.8. The van der Waals surface area contributed by atoms with E-state index in [1.165, 1.54) is 6.07 Å². The first-order valence-electron chi connectivity index (χ1n) is 16.5. The molecular formula is C40H35ClFN3O3. The number of morpholine rings is 1. The Morgan fingerprint density at radius 3 is 2.21 bits per heavy atom. The summed E-state index contributed by atoms with van der Waals surface area (Å²) >= 11 is 6.48. The Morgan fingerprint density at radius 1 is 0.875 bits per heavy atom. The Kier molecular flexibility index (Phi) is 7.07. The van der Waals surface area contributed by atoms with Crippen molar-refractivity contribution in [3.05, 3.63) is 136 Å². The van der Waals surface area contributed by atoms with E-state index in [0.717, 1.165) is 24.0 Å². The number of amides is 1. The second kappa shape index (κ2) is 11.0. The lowest BCUT2D eigenvalue weighted by Crippen LogP contribution is -2.64. The van der Waals surface area contributed by atoms with Crippen molar-refractivity contribution < 1.29 is 18.7 Å². The number of cyclic esters (lactones) is 1. The van der Waals surface area contributed by atoms with Gasteiger partial charge in [-0.25, -0.2) is 4.39 Å². The zero-order valence-corrected chi connectivity index (χ0v) is 27.5. The van der Waals surface area contributed by atoms with Gasteiger partial charge < -0.3 is 10.1 Å². The third-order valence-corrected chi connectivity index (χ3v) is 11.9. The minimum atomic E-state index is -1.42. The van der Waals surface area contributed by atoms with Gasteiger partial charge >= 0.3 is 5.97 Å².